The summed E-state index contributed by atoms with van der Waals surface area (Å²) in [5.74, 6) is 0. The van der Waals surface area contributed by atoms with Crippen molar-refractivity contribution in [3.8, 4) is 0 Å². The highest BCUT2D eigenvalue weighted by molar-refractivity contribution is 6.30. The van der Waals surface area contributed by atoms with Crippen LogP contribution in [0.4, 0.5) is 16.2 Å². The van der Waals surface area contributed by atoms with E-state index >= 15 is 0 Å². The maximum Gasteiger partial charge on any atom is 0.322 e. The van der Waals surface area contributed by atoms with E-state index < -0.39 is 0 Å². The van der Waals surface area contributed by atoms with Gasteiger partial charge < -0.3 is 16.0 Å². The summed E-state index contributed by atoms with van der Waals surface area (Å²) >= 11 is 5.88. The predicted molar refractivity (Wildman–Crippen MR) is 87.5 cm³/mol. The molecule has 5 heteroatoms. The summed E-state index contributed by atoms with van der Waals surface area (Å²) in [6, 6.07) is 14.3. The first-order chi connectivity index (χ1) is 9.97. The Bertz CT molecular complexity index is 628. The minimum Gasteiger partial charge on any atom is -0.399 e. The fraction of sp³-hybridized carbons (Fsp3) is 0.188. The van der Waals surface area contributed by atoms with Crippen molar-refractivity contribution in [2.45, 2.75) is 13.0 Å². The molecule has 4 nitrogen and oxygen atoms in total. The highest BCUT2D eigenvalue weighted by Crippen LogP contribution is 2.22. The van der Waals surface area contributed by atoms with Crippen LogP contribution in [0, 0.1) is 0 Å². The first-order valence-corrected chi connectivity index (χ1v) is 7.00. The number of anilines is 2. The van der Waals surface area contributed by atoms with Crippen molar-refractivity contribution in [3.63, 3.8) is 0 Å². The van der Waals surface area contributed by atoms with Crippen molar-refractivity contribution in [3.05, 3.63) is 59.1 Å². The summed E-state index contributed by atoms with van der Waals surface area (Å²) in [5, 5.41) is 3.50. The van der Waals surface area contributed by atoms with Crippen molar-refractivity contribution in [1.29, 1.82) is 0 Å². The van der Waals surface area contributed by atoms with Gasteiger partial charge >= 0.3 is 6.03 Å². The van der Waals surface area contributed by atoms with E-state index in [2.05, 4.69) is 5.32 Å². The molecule has 0 spiro atoms. The number of amides is 2. The van der Waals surface area contributed by atoms with Gasteiger partial charge in [0.1, 0.15) is 0 Å². The third-order valence-corrected chi connectivity index (χ3v) is 3.64. The second-order valence-corrected chi connectivity index (χ2v) is 5.33. The Morgan fingerprint density at radius 1 is 1.24 bits per heavy atom. The molecule has 0 aliphatic heterocycles. The Hall–Kier alpha value is -2.20. The molecule has 21 heavy (non-hydrogen) atoms. The number of nitrogen functional groups attached to an aromatic ring is 1. The molecule has 110 valence electrons. The fourth-order valence-corrected chi connectivity index (χ4v) is 2.09. The monoisotopic (exact) mass is 303 g/mol. The molecule has 0 aliphatic rings. The second kappa shape index (κ2) is 6.50. The minimum absolute atomic E-state index is 0.0664. The number of rotatable bonds is 3. The van der Waals surface area contributed by atoms with Crippen molar-refractivity contribution >= 4 is 29.0 Å². The number of nitrogens with one attached hydrogen (secondary N) is 1. The van der Waals surface area contributed by atoms with Gasteiger partial charge in [0.2, 0.25) is 0 Å². The zero-order valence-corrected chi connectivity index (χ0v) is 12.8. The number of hydrogen-bond donors (Lipinski definition) is 2. The number of hydrogen-bond acceptors (Lipinski definition) is 2. The molecule has 1 atom stereocenters. The van der Waals surface area contributed by atoms with Gasteiger partial charge in [-0.2, -0.15) is 0 Å². The third kappa shape index (κ3) is 3.89. The highest BCUT2D eigenvalue weighted by atomic mass is 35.5. The van der Waals surface area contributed by atoms with E-state index in [4.69, 9.17) is 17.3 Å². The lowest BCUT2D eigenvalue weighted by molar-refractivity contribution is 0.208. The van der Waals surface area contributed by atoms with Crippen LogP contribution < -0.4 is 11.1 Å². The first kappa shape index (κ1) is 15.2. The number of halogens is 1. The maximum absolute atomic E-state index is 12.3. The predicted octanol–water partition coefficient (Wildman–Crippen LogP) is 4.15. The van der Waals surface area contributed by atoms with Crippen LogP contribution in [-0.4, -0.2) is 18.0 Å². The summed E-state index contributed by atoms with van der Waals surface area (Å²) < 4.78 is 0. The van der Waals surface area contributed by atoms with E-state index in [1.165, 1.54) is 0 Å². The smallest absolute Gasteiger partial charge is 0.322 e. The highest BCUT2D eigenvalue weighted by Gasteiger charge is 2.17. The number of nitrogens with zero attached hydrogens (tertiary/aromatic N) is 1. The van der Waals surface area contributed by atoms with Crippen LogP contribution in [-0.2, 0) is 0 Å². The van der Waals surface area contributed by atoms with Crippen LogP contribution in [0.15, 0.2) is 48.5 Å². The molecular weight excluding hydrogens is 286 g/mol. The minimum atomic E-state index is -0.192. The van der Waals surface area contributed by atoms with Crippen LogP contribution in [0.2, 0.25) is 5.02 Å². The van der Waals surface area contributed by atoms with E-state index in [1.54, 1.807) is 36.2 Å². The normalized spacial score (nSPS) is 11.8. The van der Waals surface area contributed by atoms with Gasteiger partial charge in [-0.3, -0.25) is 0 Å². The molecule has 0 radical (unpaired) electrons. The third-order valence-electron chi connectivity index (χ3n) is 3.39. The van der Waals surface area contributed by atoms with Gasteiger partial charge in [0.05, 0.1) is 6.04 Å². The molecule has 2 aromatic rings. The van der Waals surface area contributed by atoms with Gasteiger partial charge in [0, 0.05) is 23.4 Å². The molecule has 0 fully saturated rings. The zero-order chi connectivity index (χ0) is 15.4. The molecule has 2 rings (SSSR count). The Balaban J connectivity index is 2.06. The zero-order valence-electron chi connectivity index (χ0n) is 12.0. The lowest BCUT2D eigenvalue weighted by Crippen LogP contribution is -2.33. The number of carbonyl (C=O) groups is 1. The molecule has 2 amide bonds. The number of carbonyl (C=O) groups excluding carboxylic acids is 1. The topological polar surface area (TPSA) is 58.4 Å². The van der Waals surface area contributed by atoms with E-state index in [0.717, 1.165) is 5.56 Å². The fourth-order valence-electron chi connectivity index (χ4n) is 1.97. The number of nitrogens with two attached hydrogens (primary N) is 1. The maximum atomic E-state index is 12.3. The van der Waals surface area contributed by atoms with E-state index in [1.807, 2.05) is 31.2 Å². The summed E-state index contributed by atoms with van der Waals surface area (Å²) in [6.45, 7) is 1.96. The molecule has 2 aromatic carbocycles. The Morgan fingerprint density at radius 2 is 1.90 bits per heavy atom. The van der Waals surface area contributed by atoms with Gasteiger partial charge in [0.15, 0.2) is 0 Å². The lowest BCUT2D eigenvalue weighted by atomic mass is 10.1. The van der Waals surface area contributed by atoms with Crippen LogP contribution in [0.3, 0.4) is 0 Å². The largest absolute Gasteiger partial charge is 0.399 e. The molecule has 1 unspecified atom stereocenters. The summed E-state index contributed by atoms with van der Waals surface area (Å²) in [6.07, 6.45) is 0. The van der Waals surface area contributed by atoms with Crippen molar-refractivity contribution in [2.24, 2.45) is 0 Å². The van der Waals surface area contributed by atoms with Crippen LogP contribution in [0.25, 0.3) is 0 Å². The average molecular weight is 304 g/mol. The van der Waals surface area contributed by atoms with E-state index in [0.29, 0.717) is 16.4 Å². The SMILES string of the molecule is CC(c1ccc(Cl)cc1)N(C)C(=O)Nc1cccc(N)c1. The second-order valence-electron chi connectivity index (χ2n) is 4.89. The summed E-state index contributed by atoms with van der Waals surface area (Å²) in [5.41, 5.74) is 8.00. The quantitative estimate of drug-likeness (QED) is 0.837. The molecule has 0 saturated carbocycles. The lowest BCUT2D eigenvalue weighted by Gasteiger charge is -2.25. The van der Waals surface area contributed by atoms with E-state index in [9.17, 15) is 4.79 Å². The number of urea groups is 1. The van der Waals surface area contributed by atoms with Gasteiger partial charge in [-0.05, 0) is 42.8 Å². The average Bonchev–Trinajstić information content (AvgIpc) is 2.46. The molecule has 0 heterocycles. The summed E-state index contributed by atoms with van der Waals surface area (Å²) in [7, 11) is 1.75. The number of benzene rings is 2. The van der Waals surface area contributed by atoms with Gasteiger partial charge in [-0.15, -0.1) is 0 Å². The van der Waals surface area contributed by atoms with E-state index in [-0.39, 0.29) is 12.1 Å². The van der Waals surface area contributed by atoms with Gasteiger partial charge in [-0.1, -0.05) is 29.8 Å². The Kier molecular flexibility index (Phi) is 4.70. The Morgan fingerprint density at radius 3 is 2.52 bits per heavy atom. The molecule has 3 N–H and O–H groups in total. The standard InChI is InChI=1S/C16H18ClN3O/c1-11(12-6-8-13(17)9-7-12)20(2)16(21)19-15-5-3-4-14(18)10-15/h3-11H,18H2,1-2H3,(H,19,21). The van der Waals surface area contributed by atoms with Crippen molar-refractivity contribution in [2.75, 3.05) is 18.1 Å². The first-order valence-electron chi connectivity index (χ1n) is 6.62. The molecule has 0 aliphatic carbocycles. The van der Waals surface area contributed by atoms with Crippen molar-refractivity contribution < 1.29 is 4.79 Å². The van der Waals surface area contributed by atoms with Gasteiger partial charge in [-0.25, -0.2) is 4.79 Å². The molecular formula is C16H18ClN3O. The Labute approximate surface area is 129 Å². The molecule has 0 saturated heterocycles. The van der Waals surface area contributed by atoms with Crippen LogP contribution >= 0.6 is 11.6 Å². The van der Waals surface area contributed by atoms with Crippen LogP contribution in [0.1, 0.15) is 18.5 Å². The molecule has 0 bridgehead atoms. The van der Waals surface area contributed by atoms with Crippen molar-refractivity contribution in [1.82, 2.24) is 4.90 Å². The van der Waals surface area contributed by atoms with Gasteiger partial charge in [0.25, 0.3) is 0 Å². The molecule has 0 aromatic heterocycles. The van der Waals surface area contributed by atoms with Crippen LogP contribution in [0.5, 0.6) is 0 Å². The summed E-state index contributed by atoms with van der Waals surface area (Å²) in [4.78, 5) is 13.9.